The minimum Gasteiger partial charge on any atom is -0.306 e. The molecule has 0 saturated heterocycles. The molecular weight excluding hydrogens is 323 g/mol. The Bertz CT molecular complexity index is 932. The molecule has 0 aliphatic heterocycles. The van der Waals surface area contributed by atoms with Gasteiger partial charge in [0, 0.05) is 24.7 Å². The Kier molecular flexibility index (Phi) is 4.67. The number of hydrogen-bond donors (Lipinski definition) is 2. The molecule has 0 spiro atoms. The van der Waals surface area contributed by atoms with E-state index < -0.39 is 11.8 Å². The third-order valence-electron chi connectivity index (χ3n) is 3.33. The third-order valence-corrected chi connectivity index (χ3v) is 3.33. The second kappa shape index (κ2) is 7.23. The lowest BCUT2D eigenvalue weighted by Gasteiger charge is -2.07. The van der Waals surface area contributed by atoms with Crippen LogP contribution in [0.2, 0.25) is 0 Å². The molecule has 2 aromatic heterocycles. The van der Waals surface area contributed by atoms with Crippen molar-refractivity contribution in [1.82, 2.24) is 14.8 Å². The van der Waals surface area contributed by atoms with Gasteiger partial charge in [-0.05, 0) is 35.9 Å². The summed E-state index contributed by atoms with van der Waals surface area (Å²) in [6.45, 7) is 0.544. The molecule has 2 amide bonds. The van der Waals surface area contributed by atoms with Gasteiger partial charge in [0.1, 0.15) is 11.9 Å². The van der Waals surface area contributed by atoms with Gasteiger partial charge < -0.3 is 5.32 Å². The Morgan fingerprint density at radius 3 is 2.76 bits per heavy atom. The molecular formula is C17H13FN6O. The van der Waals surface area contributed by atoms with Crippen molar-refractivity contribution in [2.24, 2.45) is 0 Å². The highest BCUT2D eigenvalue weighted by atomic mass is 19.1. The topological polar surface area (TPSA) is 95.6 Å². The maximum Gasteiger partial charge on any atom is 0.324 e. The van der Waals surface area contributed by atoms with Crippen molar-refractivity contribution >= 4 is 17.5 Å². The number of nitrogens with zero attached hydrogens (tertiary/aromatic N) is 4. The molecule has 7 nitrogen and oxygen atoms in total. The van der Waals surface area contributed by atoms with Gasteiger partial charge >= 0.3 is 6.03 Å². The zero-order chi connectivity index (χ0) is 17.6. The lowest BCUT2D eigenvalue weighted by Crippen LogP contribution is -2.20. The molecule has 2 N–H and O–H groups in total. The highest BCUT2D eigenvalue weighted by Gasteiger charge is 2.09. The second-order valence-electron chi connectivity index (χ2n) is 5.13. The standard InChI is InChI=1S/C17H13FN6O/c18-14-1-2-15(13(9-14)10-19)21-17(25)22-16-5-8-24(23-16)11-12-3-6-20-7-4-12/h1-9H,11H2,(H2,21,22,23,25). The number of nitrogens with one attached hydrogen (secondary N) is 2. The van der Waals surface area contributed by atoms with Gasteiger partial charge in [-0.1, -0.05) is 0 Å². The summed E-state index contributed by atoms with van der Waals surface area (Å²) in [6, 6.07) is 10.2. The zero-order valence-corrected chi connectivity index (χ0v) is 13.0. The molecule has 8 heteroatoms. The van der Waals surface area contributed by atoms with Crippen LogP contribution in [-0.4, -0.2) is 20.8 Å². The Labute approximate surface area is 142 Å². The Balaban J connectivity index is 1.63. The van der Waals surface area contributed by atoms with Crippen LogP contribution in [0.15, 0.2) is 55.0 Å². The molecule has 0 atom stereocenters. The summed E-state index contributed by atoms with van der Waals surface area (Å²) < 4.78 is 14.8. The van der Waals surface area contributed by atoms with E-state index in [1.165, 1.54) is 12.1 Å². The van der Waals surface area contributed by atoms with Crippen LogP contribution in [0.25, 0.3) is 0 Å². The summed E-state index contributed by atoms with van der Waals surface area (Å²) in [5.41, 5.74) is 1.29. The van der Waals surface area contributed by atoms with Gasteiger partial charge in [-0.2, -0.15) is 10.4 Å². The molecule has 3 aromatic rings. The van der Waals surface area contributed by atoms with Crippen molar-refractivity contribution in [3.8, 4) is 6.07 Å². The number of anilines is 2. The van der Waals surface area contributed by atoms with Gasteiger partial charge in [-0.25, -0.2) is 9.18 Å². The van der Waals surface area contributed by atoms with Crippen LogP contribution in [0.5, 0.6) is 0 Å². The van der Waals surface area contributed by atoms with Gasteiger partial charge in [0.25, 0.3) is 0 Å². The minimum atomic E-state index is -0.572. The molecule has 2 heterocycles. The van der Waals surface area contributed by atoms with Gasteiger partial charge in [0.15, 0.2) is 5.82 Å². The number of urea groups is 1. The molecule has 0 bridgehead atoms. The largest absolute Gasteiger partial charge is 0.324 e. The summed E-state index contributed by atoms with van der Waals surface area (Å²) in [4.78, 5) is 16.0. The summed E-state index contributed by atoms with van der Waals surface area (Å²) in [6.07, 6.45) is 5.12. The molecule has 3 rings (SSSR count). The maximum atomic E-state index is 13.1. The van der Waals surface area contributed by atoms with E-state index in [1.54, 1.807) is 29.3 Å². The summed E-state index contributed by atoms with van der Waals surface area (Å²) in [5, 5.41) is 18.3. The van der Waals surface area contributed by atoms with Crippen LogP contribution >= 0.6 is 0 Å². The number of benzene rings is 1. The average molecular weight is 336 g/mol. The van der Waals surface area contributed by atoms with Crippen LogP contribution in [0, 0.1) is 17.1 Å². The first kappa shape index (κ1) is 16.1. The number of hydrogen-bond acceptors (Lipinski definition) is 4. The highest BCUT2D eigenvalue weighted by Crippen LogP contribution is 2.16. The normalized spacial score (nSPS) is 10.1. The lowest BCUT2D eigenvalue weighted by molar-refractivity contribution is 0.262. The number of nitriles is 1. The number of carbonyl (C=O) groups excluding carboxylic acids is 1. The first-order valence-corrected chi connectivity index (χ1v) is 7.34. The van der Waals surface area contributed by atoms with E-state index in [0.717, 1.165) is 11.6 Å². The van der Waals surface area contributed by atoms with Crippen LogP contribution in [0.4, 0.5) is 20.7 Å². The van der Waals surface area contributed by atoms with Gasteiger partial charge in [-0.3, -0.25) is 15.0 Å². The number of halogens is 1. The number of rotatable bonds is 4. The van der Waals surface area contributed by atoms with E-state index in [0.29, 0.717) is 12.4 Å². The molecule has 25 heavy (non-hydrogen) atoms. The predicted octanol–water partition coefficient (Wildman–Crippen LogP) is 2.98. The Morgan fingerprint density at radius 2 is 2.00 bits per heavy atom. The molecule has 0 saturated carbocycles. The van der Waals surface area contributed by atoms with E-state index in [4.69, 9.17) is 5.26 Å². The van der Waals surface area contributed by atoms with Crippen LogP contribution in [0.3, 0.4) is 0 Å². The molecule has 0 radical (unpaired) electrons. The number of pyridine rings is 1. The van der Waals surface area contributed by atoms with Crippen LogP contribution in [-0.2, 0) is 6.54 Å². The second-order valence-corrected chi connectivity index (χ2v) is 5.13. The fourth-order valence-corrected chi connectivity index (χ4v) is 2.18. The molecule has 1 aromatic carbocycles. The van der Waals surface area contributed by atoms with Crippen molar-refractivity contribution in [2.45, 2.75) is 6.54 Å². The number of aromatic nitrogens is 3. The minimum absolute atomic E-state index is 0.0402. The van der Waals surface area contributed by atoms with Crippen molar-refractivity contribution in [1.29, 1.82) is 5.26 Å². The number of carbonyl (C=O) groups is 1. The average Bonchev–Trinajstić information content (AvgIpc) is 3.04. The molecule has 124 valence electrons. The first-order chi connectivity index (χ1) is 12.1. The first-order valence-electron chi connectivity index (χ1n) is 7.34. The van der Waals surface area contributed by atoms with Crippen molar-refractivity contribution in [2.75, 3.05) is 10.6 Å². The van der Waals surface area contributed by atoms with Crippen molar-refractivity contribution in [3.05, 3.63) is 71.9 Å². The van der Waals surface area contributed by atoms with Gasteiger partial charge in [0.2, 0.25) is 0 Å². The van der Waals surface area contributed by atoms with Crippen molar-refractivity contribution in [3.63, 3.8) is 0 Å². The van der Waals surface area contributed by atoms with E-state index in [1.807, 2.05) is 18.2 Å². The molecule has 0 fully saturated rings. The smallest absolute Gasteiger partial charge is 0.306 e. The highest BCUT2D eigenvalue weighted by molar-refractivity contribution is 5.99. The Morgan fingerprint density at radius 1 is 1.20 bits per heavy atom. The number of amides is 2. The SMILES string of the molecule is N#Cc1cc(F)ccc1NC(=O)Nc1ccn(Cc2ccncc2)n1. The van der Waals surface area contributed by atoms with Crippen LogP contribution in [0.1, 0.15) is 11.1 Å². The quantitative estimate of drug-likeness (QED) is 0.765. The fraction of sp³-hybridized carbons (Fsp3) is 0.0588. The summed E-state index contributed by atoms with van der Waals surface area (Å²) in [5.74, 6) is -0.190. The van der Waals surface area contributed by atoms with E-state index >= 15 is 0 Å². The van der Waals surface area contributed by atoms with E-state index in [2.05, 4.69) is 20.7 Å². The summed E-state index contributed by atoms with van der Waals surface area (Å²) >= 11 is 0. The molecule has 0 unspecified atom stereocenters. The van der Waals surface area contributed by atoms with Crippen molar-refractivity contribution < 1.29 is 9.18 Å². The Hall–Kier alpha value is -3.73. The predicted molar refractivity (Wildman–Crippen MR) is 89.3 cm³/mol. The maximum absolute atomic E-state index is 13.1. The molecule has 0 aliphatic carbocycles. The molecule has 0 aliphatic rings. The van der Waals surface area contributed by atoms with Gasteiger partial charge in [0.05, 0.1) is 17.8 Å². The van der Waals surface area contributed by atoms with E-state index in [9.17, 15) is 9.18 Å². The monoisotopic (exact) mass is 336 g/mol. The third kappa shape index (κ3) is 4.17. The van der Waals surface area contributed by atoms with Crippen LogP contribution < -0.4 is 10.6 Å². The summed E-state index contributed by atoms with van der Waals surface area (Å²) in [7, 11) is 0. The zero-order valence-electron chi connectivity index (χ0n) is 13.0. The fourth-order valence-electron chi connectivity index (χ4n) is 2.18. The lowest BCUT2D eigenvalue weighted by atomic mass is 10.2. The van der Waals surface area contributed by atoms with E-state index in [-0.39, 0.29) is 11.3 Å². The van der Waals surface area contributed by atoms with Gasteiger partial charge in [-0.15, -0.1) is 0 Å².